The summed E-state index contributed by atoms with van der Waals surface area (Å²) in [7, 11) is 0. The number of carbonyl (C=O) groups excluding carboxylic acids is 1. The lowest BCUT2D eigenvalue weighted by Gasteiger charge is -2.04. The van der Waals surface area contributed by atoms with Crippen LogP contribution in [0.4, 0.5) is 0 Å². The topological polar surface area (TPSA) is 51.5 Å². The number of hydrogen-bond donors (Lipinski definition) is 1. The number of carbonyl (C=O) groups is 1. The van der Waals surface area contributed by atoms with Crippen LogP contribution in [0.15, 0.2) is 28.9 Å². The molecule has 2 aromatic heterocycles. The second-order valence-corrected chi connectivity index (χ2v) is 5.85. The van der Waals surface area contributed by atoms with Crippen molar-refractivity contribution in [3.63, 3.8) is 0 Å². The molecule has 5 heteroatoms. The zero-order chi connectivity index (χ0) is 14.4. The average Bonchev–Trinajstić information content (AvgIpc) is 3.04. The van der Waals surface area contributed by atoms with E-state index in [1.165, 1.54) is 21.8 Å². The van der Waals surface area contributed by atoms with Gasteiger partial charge < -0.3 is 14.5 Å². The first kappa shape index (κ1) is 14.8. The molecule has 1 N–H and O–H groups in total. The maximum atomic E-state index is 11.9. The third kappa shape index (κ3) is 4.21. The van der Waals surface area contributed by atoms with Gasteiger partial charge in [0.05, 0.1) is 11.1 Å². The van der Waals surface area contributed by atoms with E-state index in [1.807, 2.05) is 32.0 Å². The number of ether oxygens (including phenoxy) is 1. The van der Waals surface area contributed by atoms with Gasteiger partial charge in [0.15, 0.2) is 0 Å². The van der Waals surface area contributed by atoms with E-state index < -0.39 is 0 Å². The molecule has 108 valence electrons. The number of furan rings is 1. The smallest absolute Gasteiger partial charge is 0.261 e. The van der Waals surface area contributed by atoms with Crippen molar-refractivity contribution >= 4 is 17.2 Å². The molecule has 0 unspecified atom stereocenters. The summed E-state index contributed by atoms with van der Waals surface area (Å²) in [6.45, 7) is 5.74. The Labute approximate surface area is 122 Å². The monoisotopic (exact) mass is 293 g/mol. The predicted molar refractivity (Wildman–Crippen MR) is 79.1 cm³/mol. The van der Waals surface area contributed by atoms with Crippen LogP contribution in [0, 0.1) is 13.8 Å². The second-order valence-electron chi connectivity index (χ2n) is 4.59. The Bertz CT molecular complexity index is 526. The van der Waals surface area contributed by atoms with E-state index in [0.717, 1.165) is 17.1 Å². The first-order chi connectivity index (χ1) is 9.66. The SMILES string of the molecule is Cc1cc(C(=O)NCCCOCc2ccco2)sc1C. The Hall–Kier alpha value is -1.59. The van der Waals surface area contributed by atoms with Crippen molar-refractivity contribution in [1.82, 2.24) is 5.32 Å². The quantitative estimate of drug-likeness (QED) is 0.797. The molecule has 20 heavy (non-hydrogen) atoms. The molecule has 0 radical (unpaired) electrons. The number of hydrogen-bond acceptors (Lipinski definition) is 4. The second kappa shape index (κ2) is 7.26. The van der Waals surface area contributed by atoms with Crippen LogP contribution in [0.2, 0.25) is 0 Å². The summed E-state index contributed by atoms with van der Waals surface area (Å²) in [6.07, 6.45) is 2.42. The van der Waals surface area contributed by atoms with Gasteiger partial charge in [0, 0.05) is 18.0 Å². The van der Waals surface area contributed by atoms with Crippen molar-refractivity contribution in [2.45, 2.75) is 26.9 Å². The van der Waals surface area contributed by atoms with Gasteiger partial charge in [-0.25, -0.2) is 0 Å². The minimum absolute atomic E-state index is 0.00256. The third-order valence-electron chi connectivity index (χ3n) is 2.97. The maximum absolute atomic E-state index is 11.9. The first-order valence-corrected chi connectivity index (χ1v) is 7.44. The zero-order valence-corrected chi connectivity index (χ0v) is 12.6. The summed E-state index contributed by atoms with van der Waals surface area (Å²) in [4.78, 5) is 13.8. The number of thiophene rings is 1. The summed E-state index contributed by atoms with van der Waals surface area (Å²) < 4.78 is 10.6. The van der Waals surface area contributed by atoms with Gasteiger partial charge in [-0.2, -0.15) is 0 Å². The van der Waals surface area contributed by atoms with Crippen LogP contribution in [-0.2, 0) is 11.3 Å². The Kier molecular flexibility index (Phi) is 5.38. The molecule has 0 saturated carbocycles. The first-order valence-electron chi connectivity index (χ1n) is 6.62. The maximum Gasteiger partial charge on any atom is 0.261 e. The van der Waals surface area contributed by atoms with Gasteiger partial charge in [0.1, 0.15) is 12.4 Å². The minimum Gasteiger partial charge on any atom is -0.467 e. The van der Waals surface area contributed by atoms with Crippen molar-refractivity contribution < 1.29 is 13.9 Å². The molecule has 0 saturated heterocycles. The van der Waals surface area contributed by atoms with Gasteiger partial charge in [0.25, 0.3) is 5.91 Å². The average molecular weight is 293 g/mol. The summed E-state index contributed by atoms with van der Waals surface area (Å²) in [5, 5.41) is 2.90. The Morgan fingerprint density at radius 2 is 2.30 bits per heavy atom. The minimum atomic E-state index is -0.00256. The highest BCUT2D eigenvalue weighted by Gasteiger charge is 2.09. The molecule has 0 aliphatic carbocycles. The van der Waals surface area contributed by atoms with E-state index >= 15 is 0 Å². The molecule has 0 aliphatic rings. The molecule has 0 bridgehead atoms. The van der Waals surface area contributed by atoms with Gasteiger partial charge in [-0.3, -0.25) is 4.79 Å². The van der Waals surface area contributed by atoms with Crippen molar-refractivity contribution in [2.24, 2.45) is 0 Å². The molecule has 0 aliphatic heterocycles. The molecule has 1 amide bonds. The molecule has 0 spiro atoms. The van der Waals surface area contributed by atoms with Crippen LogP contribution in [0.5, 0.6) is 0 Å². The highest BCUT2D eigenvalue weighted by molar-refractivity contribution is 7.14. The lowest BCUT2D eigenvalue weighted by molar-refractivity contribution is 0.0920. The van der Waals surface area contributed by atoms with Gasteiger partial charge >= 0.3 is 0 Å². The molecule has 0 aromatic carbocycles. The molecule has 2 heterocycles. The Morgan fingerprint density at radius 3 is 2.95 bits per heavy atom. The predicted octanol–water partition coefficient (Wildman–Crippen LogP) is 3.29. The Morgan fingerprint density at radius 1 is 1.45 bits per heavy atom. The van der Waals surface area contributed by atoms with Crippen molar-refractivity contribution in [2.75, 3.05) is 13.2 Å². The summed E-state index contributed by atoms with van der Waals surface area (Å²) in [5.41, 5.74) is 1.17. The van der Waals surface area contributed by atoms with E-state index in [-0.39, 0.29) is 5.91 Å². The summed E-state index contributed by atoms with van der Waals surface area (Å²) in [6, 6.07) is 5.65. The van der Waals surface area contributed by atoms with E-state index in [2.05, 4.69) is 5.32 Å². The Balaban J connectivity index is 1.60. The van der Waals surface area contributed by atoms with Gasteiger partial charge in [0.2, 0.25) is 0 Å². The number of amides is 1. The van der Waals surface area contributed by atoms with E-state index in [0.29, 0.717) is 19.8 Å². The van der Waals surface area contributed by atoms with Gasteiger partial charge in [-0.15, -0.1) is 11.3 Å². The van der Waals surface area contributed by atoms with Crippen molar-refractivity contribution in [1.29, 1.82) is 0 Å². The van der Waals surface area contributed by atoms with Crippen LogP contribution in [-0.4, -0.2) is 19.1 Å². The fourth-order valence-electron chi connectivity index (χ4n) is 1.72. The molecule has 0 fully saturated rings. The lowest BCUT2D eigenvalue weighted by atomic mass is 10.3. The molecule has 4 nitrogen and oxygen atoms in total. The van der Waals surface area contributed by atoms with Crippen molar-refractivity contribution in [3.05, 3.63) is 45.5 Å². The lowest BCUT2D eigenvalue weighted by Crippen LogP contribution is -2.24. The number of aryl methyl sites for hydroxylation is 2. The third-order valence-corrected chi connectivity index (χ3v) is 4.12. The normalized spacial score (nSPS) is 10.7. The fraction of sp³-hybridized carbons (Fsp3) is 0.400. The molecule has 0 atom stereocenters. The molecule has 2 rings (SSSR count). The van der Waals surface area contributed by atoms with E-state index in [1.54, 1.807) is 6.26 Å². The largest absolute Gasteiger partial charge is 0.467 e. The van der Waals surface area contributed by atoms with Gasteiger partial charge in [-0.1, -0.05) is 0 Å². The fourth-order valence-corrected chi connectivity index (χ4v) is 2.67. The van der Waals surface area contributed by atoms with Crippen LogP contribution in [0.3, 0.4) is 0 Å². The molecular formula is C15H19NO3S. The summed E-state index contributed by atoms with van der Waals surface area (Å²) in [5.74, 6) is 0.816. The zero-order valence-electron chi connectivity index (χ0n) is 11.8. The molecular weight excluding hydrogens is 274 g/mol. The van der Waals surface area contributed by atoms with E-state index in [4.69, 9.17) is 9.15 Å². The number of rotatable bonds is 7. The van der Waals surface area contributed by atoms with Gasteiger partial charge in [-0.05, 0) is 44.0 Å². The highest BCUT2D eigenvalue weighted by atomic mass is 32.1. The highest BCUT2D eigenvalue weighted by Crippen LogP contribution is 2.20. The van der Waals surface area contributed by atoms with Crippen molar-refractivity contribution in [3.8, 4) is 0 Å². The van der Waals surface area contributed by atoms with Crippen LogP contribution in [0.25, 0.3) is 0 Å². The van der Waals surface area contributed by atoms with E-state index in [9.17, 15) is 4.79 Å². The molecule has 2 aromatic rings. The number of nitrogens with one attached hydrogen (secondary N) is 1. The summed E-state index contributed by atoms with van der Waals surface area (Å²) >= 11 is 1.53. The standard InChI is InChI=1S/C15H19NO3S/c1-11-9-14(20-12(11)2)15(17)16-6-4-7-18-10-13-5-3-8-19-13/h3,5,8-9H,4,6-7,10H2,1-2H3,(H,16,17). The van der Waals surface area contributed by atoms with Crippen LogP contribution >= 0.6 is 11.3 Å². The van der Waals surface area contributed by atoms with Crippen LogP contribution < -0.4 is 5.32 Å². The van der Waals surface area contributed by atoms with Crippen LogP contribution in [0.1, 0.15) is 32.3 Å².